The molecule has 0 radical (unpaired) electrons. The largest absolute Gasteiger partial charge is 0.508 e. The molecule has 13 heteroatoms. The van der Waals surface area contributed by atoms with Crippen molar-refractivity contribution < 1.29 is 44.4 Å². The lowest BCUT2D eigenvalue weighted by molar-refractivity contribution is -0.145. The van der Waals surface area contributed by atoms with E-state index in [0.29, 0.717) is 5.56 Å². The highest BCUT2D eigenvalue weighted by molar-refractivity contribution is 5.95. The molecule has 0 aliphatic carbocycles. The lowest BCUT2D eigenvalue weighted by Gasteiger charge is -2.26. The van der Waals surface area contributed by atoms with Crippen molar-refractivity contribution in [3.8, 4) is 5.75 Å². The van der Waals surface area contributed by atoms with Gasteiger partial charge in [0.05, 0.1) is 18.6 Å². The summed E-state index contributed by atoms with van der Waals surface area (Å²) in [5.41, 5.74) is 6.10. The fourth-order valence-electron chi connectivity index (χ4n) is 3.25. The zero-order valence-corrected chi connectivity index (χ0v) is 20.3. The lowest BCUT2D eigenvalue weighted by atomic mass is 10.00. The molecule has 36 heavy (non-hydrogen) atoms. The standard InChI is InChI=1S/C23H34N4O9/c1-11(2)8-16(25-20(32)15(24)10-18(30)31)21(33)26-17(9-13-4-6-14(29)7-5-13)22(34)27-19(12(3)28)23(35)36/h4-7,11-12,15-17,19,28-29H,8-10,24H2,1-3H3,(H,25,32)(H,26,33)(H,27,34)(H,30,31)(H,35,36). The van der Waals surface area contributed by atoms with E-state index in [2.05, 4.69) is 16.0 Å². The number of rotatable bonds is 14. The summed E-state index contributed by atoms with van der Waals surface area (Å²) in [5, 5.41) is 44.4. The minimum absolute atomic E-state index is 0.0266. The number of amides is 3. The Morgan fingerprint density at radius 3 is 1.86 bits per heavy atom. The summed E-state index contributed by atoms with van der Waals surface area (Å²) in [4.78, 5) is 60.7. The molecule has 3 amide bonds. The van der Waals surface area contributed by atoms with E-state index in [0.717, 1.165) is 0 Å². The summed E-state index contributed by atoms with van der Waals surface area (Å²) >= 11 is 0. The number of hydrogen-bond donors (Lipinski definition) is 8. The monoisotopic (exact) mass is 510 g/mol. The van der Waals surface area contributed by atoms with Crippen molar-refractivity contribution in [2.45, 2.75) is 70.3 Å². The molecule has 0 fully saturated rings. The molecule has 0 aliphatic heterocycles. The maximum absolute atomic E-state index is 13.1. The van der Waals surface area contributed by atoms with Crippen LogP contribution < -0.4 is 21.7 Å². The van der Waals surface area contributed by atoms with Crippen LogP contribution in [0.5, 0.6) is 5.75 Å². The van der Waals surface area contributed by atoms with Crippen molar-refractivity contribution in [2.24, 2.45) is 11.7 Å². The summed E-state index contributed by atoms with van der Waals surface area (Å²) in [6.07, 6.45) is -2.05. The summed E-state index contributed by atoms with van der Waals surface area (Å²) in [6, 6.07) is 0.218. The minimum Gasteiger partial charge on any atom is -0.508 e. The van der Waals surface area contributed by atoms with Gasteiger partial charge < -0.3 is 42.1 Å². The van der Waals surface area contributed by atoms with Gasteiger partial charge in [-0.2, -0.15) is 0 Å². The molecule has 1 aromatic carbocycles. The molecule has 0 saturated heterocycles. The molecular weight excluding hydrogens is 476 g/mol. The van der Waals surface area contributed by atoms with Gasteiger partial charge in [-0.3, -0.25) is 19.2 Å². The first-order chi connectivity index (χ1) is 16.7. The van der Waals surface area contributed by atoms with Crippen molar-refractivity contribution in [1.82, 2.24) is 16.0 Å². The predicted octanol–water partition coefficient (Wildman–Crippen LogP) is -1.30. The van der Waals surface area contributed by atoms with Gasteiger partial charge in [0.25, 0.3) is 0 Å². The number of aliphatic carboxylic acids is 2. The van der Waals surface area contributed by atoms with E-state index in [4.69, 9.17) is 10.8 Å². The van der Waals surface area contributed by atoms with E-state index in [1.807, 2.05) is 0 Å². The summed E-state index contributed by atoms with van der Waals surface area (Å²) in [5.74, 6) is -5.43. The van der Waals surface area contributed by atoms with Crippen molar-refractivity contribution in [2.75, 3.05) is 0 Å². The first kappa shape index (κ1) is 30.3. The number of aliphatic hydroxyl groups is 1. The van der Waals surface area contributed by atoms with Crippen molar-refractivity contribution >= 4 is 29.7 Å². The summed E-state index contributed by atoms with van der Waals surface area (Å²) in [7, 11) is 0. The van der Waals surface area contributed by atoms with Crippen LogP contribution in [0.25, 0.3) is 0 Å². The molecule has 5 atom stereocenters. The Labute approximate surface area is 208 Å². The number of nitrogens with two attached hydrogens (primary N) is 1. The molecule has 0 heterocycles. The minimum atomic E-state index is -1.64. The van der Waals surface area contributed by atoms with Crippen LogP contribution in [-0.2, 0) is 30.4 Å². The highest BCUT2D eigenvalue weighted by atomic mass is 16.4. The Bertz CT molecular complexity index is 934. The SMILES string of the molecule is CC(C)CC(NC(=O)C(N)CC(=O)O)C(=O)NC(Cc1ccc(O)cc1)C(=O)NC(C(=O)O)C(C)O. The molecule has 0 spiro atoms. The smallest absolute Gasteiger partial charge is 0.328 e. The van der Waals surface area contributed by atoms with Crippen molar-refractivity contribution in [3.05, 3.63) is 29.8 Å². The predicted molar refractivity (Wildman–Crippen MR) is 127 cm³/mol. The van der Waals surface area contributed by atoms with Gasteiger partial charge in [0.1, 0.15) is 17.8 Å². The molecule has 0 aliphatic rings. The number of nitrogens with one attached hydrogen (secondary N) is 3. The number of phenolic OH excluding ortho intramolecular Hbond substituents is 1. The fourth-order valence-corrected chi connectivity index (χ4v) is 3.25. The maximum atomic E-state index is 13.1. The second kappa shape index (κ2) is 14.0. The van der Waals surface area contributed by atoms with Crippen LogP contribution in [0.4, 0.5) is 0 Å². The third-order valence-electron chi connectivity index (χ3n) is 5.13. The Kier molecular flexibility index (Phi) is 11.8. The zero-order valence-electron chi connectivity index (χ0n) is 20.3. The van der Waals surface area contributed by atoms with Gasteiger partial charge in [-0.05, 0) is 37.0 Å². The molecular formula is C23H34N4O9. The Morgan fingerprint density at radius 2 is 1.39 bits per heavy atom. The molecule has 200 valence electrons. The van der Waals surface area contributed by atoms with E-state index in [1.54, 1.807) is 13.8 Å². The van der Waals surface area contributed by atoms with Crippen LogP contribution in [0.15, 0.2) is 24.3 Å². The fraction of sp³-hybridized carbons (Fsp3) is 0.522. The Balaban J connectivity index is 3.16. The van der Waals surface area contributed by atoms with Gasteiger partial charge in [-0.1, -0.05) is 26.0 Å². The number of carboxylic acid groups (broad SMARTS) is 2. The first-order valence-corrected chi connectivity index (χ1v) is 11.3. The molecule has 5 unspecified atom stereocenters. The molecule has 13 nitrogen and oxygen atoms in total. The highest BCUT2D eigenvalue weighted by Gasteiger charge is 2.32. The molecule has 1 rings (SSSR count). The Morgan fingerprint density at radius 1 is 0.861 bits per heavy atom. The van der Waals surface area contributed by atoms with E-state index < -0.39 is 66.4 Å². The van der Waals surface area contributed by atoms with Gasteiger partial charge in [-0.15, -0.1) is 0 Å². The van der Waals surface area contributed by atoms with Gasteiger partial charge in [0, 0.05) is 6.42 Å². The molecule has 0 bridgehead atoms. The van der Waals surface area contributed by atoms with E-state index in [1.165, 1.54) is 31.2 Å². The van der Waals surface area contributed by atoms with Crippen LogP contribution >= 0.6 is 0 Å². The van der Waals surface area contributed by atoms with Crippen LogP contribution in [-0.4, -0.2) is 80.4 Å². The van der Waals surface area contributed by atoms with Gasteiger partial charge in [0.2, 0.25) is 17.7 Å². The van der Waals surface area contributed by atoms with Gasteiger partial charge in [0.15, 0.2) is 6.04 Å². The van der Waals surface area contributed by atoms with Crippen LogP contribution in [0.1, 0.15) is 39.2 Å². The number of phenols is 1. The van der Waals surface area contributed by atoms with Gasteiger partial charge >= 0.3 is 11.9 Å². The normalized spacial score (nSPS) is 15.2. The number of carboxylic acids is 2. The zero-order chi connectivity index (χ0) is 27.6. The van der Waals surface area contributed by atoms with Crippen LogP contribution in [0, 0.1) is 5.92 Å². The number of aromatic hydroxyl groups is 1. The molecule has 0 aromatic heterocycles. The van der Waals surface area contributed by atoms with Crippen molar-refractivity contribution in [1.29, 1.82) is 0 Å². The van der Waals surface area contributed by atoms with Crippen LogP contribution in [0.3, 0.4) is 0 Å². The number of carbonyl (C=O) groups excluding carboxylic acids is 3. The number of carbonyl (C=O) groups is 5. The molecule has 0 saturated carbocycles. The average Bonchev–Trinajstić information content (AvgIpc) is 2.76. The lowest BCUT2D eigenvalue weighted by Crippen LogP contribution is -2.59. The topological polar surface area (TPSA) is 228 Å². The van der Waals surface area contributed by atoms with E-state index >= 15 is 0 Å². The van der Waals surface area contributed by atoms with Crippen LogP contribution in [0.2, 0.25) is 0 Å². The third kappa shape index (κ3) is 10.3. The second-order valence-corrected chi connectivity index (χ2v) is 8.89. The molecule has 9 N–H and O–H groups in total. The number of hydrogen-bond acceptors (Lipinski definition) is 8. The van der Waals surface area contributed by atoms with Gasteiger partial charge in [-0.25, -0.2) is 4.79 Å². The quantitative estimate of drug-likeness (QED) is 0.147. The summed E-state index contributed by atoms with van der Waals surface area (Å²) < 4.78 is 0. The molecule has 1 aromatic rings. The third-order valence-corrected chi connectivity index (χ3v) is 5.13. The number of benzene rings is 1. The number of aliphatic hydroxyl groups excluding tert-OH is 1. The van der Waals surface area contributed by atoms with Crippen molar-refractivity contribution in [3.63, 3.8) is 0 Å². The average molecular weight is 511 g/mol. The first-order valence-electron chi connectivity index (χ1n) is 11.3. The maximum Gasteiger partial charge on any atom is 0.328 e. The second-order valence-electron chi connectivity index (χ2n) is 8.89. The Hall–Kier alpha value is -3.71. The summed E-state index contributed by atoms with van der Waals surface area (Å²) in [6.45, 7) is 4.75. The van der Waals surface area contributed by atoms with E-state index in [9.17, 15) is 39.3 Å². The highest BCUT2D eigenvalue weighted by Crippen LogP contribution is 2.13. The van der Waals surface area contributed by atoms with E-state index in [-0.39, 0.29) is 24.5 Å².